The largest absolute Gasteiger partial charge is 0.437 e. The van der Waals surface area contributed by atoms with Crippen LogP contribution in [0.15, 0.2) is 54.6 Å². The fourth-order valence-electron chi connectivity index (χ4n) is 3.98. The van der Waals surface area contributed by atoms with E-state index in [-0.39, 0.29) is 18.2 Å². The number of nitrogens with zero attached hydrogens (tertiary/aromatic N) is 3. The van der Waals surface area contributed by atoms with Gasteiger partial charge in [-0.15, -0.1) is 0 Å². The Morgan fingerprint density at radius 2 is 1.97 bits per heavy atom. The number of hydrogen-bond donors (Lipinski definition) is 1. The van der Waals surface area contributed by atoms with Crippen molar-refractivity contribution in [1.82, 2.24) is 20.0 Å². The third-order valence-corrected chi connectivity index (χ3v) is 5.99. The molecule has 180 valence electrons. The van der Waals surface area contributed by atoms with E-state index in [0.29, 0.717) is 29.7 Å². The molecule has 8 heteroatoms. The van der Waals surface area contributed by atoms with Crippen LogP contribution in [0.4, 0.5) is 4.79 Å². The number of carbonyl (C=O) groups excluding carboxylic acids is 1. The number of para-hydroxylation sites is 2. The Bertz CT molecular complexity index is 1110. The van der Waals surface area contributed by atoms with Crippen LogP contribution in [0.3, 0.4) is 0 Å². The second-order valence-electron chi connectivity index (χ2n) is 8.77. The van der Waals surface area contributed by atoms with Gasteiger partial charge in [0.05, 0.1) is 34.6 Å². The highest BCUT2D eigenvalue weighted by molar-refractivity contribution is 6.32. The minimum absolute atomic E-state index is 0.0199. The molecule has 0 saturated carbocycles. The predicted molar refractivity (Wildman–Crippen MR) is 133 cm³/mol. The van der Waals surface area contributed by atoms with E-state index in [4.69, 9.17) is 26.2 Å². The number of aryl methyl sites for hydroxylation is 1. The van der Waals surface area contributed by atoms with E-state index in [2.05, 4.69) is 5.32 Å². The van der Waals surface area contributed by atoms with Crippen LogP contribution in [0.1, 0.15) is 37.9 Å². The molecule has 34 heavy (non-hydrogen) atoms. The van der Waals surface area contributed by atoms with Gasteiger partial charge in [0, 0.05) is 19.2 Å². The van der Waals surface area contributed by atoms with Gasteiger partial charge in [0.15, 0.2) is 0 Å². The maximum absolute atomic E-state index is 13.1. The van der Waals surface area contributed by atoms with Crippen molar-refractivity contribution in [3.8, 4) is 17.3 Å². The molecule has 1 unspecified atom stereocenters. The Morgan fingerprint density at radius 3 is 2.65 bits per heavy atom. The third-order valence-electron chi connectivity index (χ3n) is 5.68. The molecule has 1 saturated heterocycles. The zero-order valence-electron chi connectivity index (χ0n) is 19.8. The smallest absolute Gasteiger partial charge is 0.317 e. The number of aromatic nitrogens is 2. The topological polar surface area (TPSA) is 68.6 Å². The first kappa shape index (κ1) is 24.1. The van der Waals surface area contributed by atoms with E-state index >= 15 is 0 Å². The second kappa shape index (κ2) is 10.9. The first-order chi connectivity index (χ1) is 16.4. The quantitative estimate of drug-likeness (QED) is 0.445. The highest BCUT2D eigenvalue weighted by atomic mass is 35.5. The summed E-state index contributed by atoms with van der Waals surface area (Å²) in [5, 5.41) is 8.29. The van der Waals surface area contributed by atoms with Crippen molar-refractivity contribution >= 4 is 17.6 Å². The molecule has 1 N–H and O–H groups in total. The van der Waals surface area contributed by atoms with E-state index in [1.54, 1.807) is 15.6 Å². The van der Waals surface area contributed by atoms with Crippen molar-refractivity contribution in [2.45, 2.75) is 52.3 Å². The normalized spacial score (nSPS) is 15.5. The van der Waals surface area contributed by atoms with Gasteiger partial charge in [-0.1, -0.05) is 41.9 Å². The van der Waals surface area contributed by atoms with Crippen LogP contribution in [0, 0.1) is 6.92 Å². The van der Waals surface area contributed by atoms with Crippen LogP contribution in [-0.4, -0.2) is 46.0 Å². The van der Waals surface area contributed by atoms with Gasteiger partial charge < -0.3 is 19.7 Å². The predicted octanol–water partition coefficient (Wildman–Crippen LogP) is 5.73. The van der Waals surface area contributed by atoms with Gasteiger partial charge in [-0.2, -0.15) is 5.10 Å². The molecule has 7 nitrogen and oxygen atoms in total. The zero-order chi connectivity index (χ0) is 24.1. The van der Waals surface area contributed by atoms with Crippen LogP contribution in [0.25, 0.3) is 5.69 Å². The van der Waals surface area contributed by atoms with Crippen LogP contribution in [0.2, 0.25) is 5.02 Å². The maximum atomic E-state index is 13.1. The summed E-state index contributed by atoms with van der Waals surface area (Å²) in [6.07, 6.45) is 1.97. The molecule has 1 fully saturated rings. The molecule has 3 aromatic rings. The standard InChI is InChI=1S/C26H31ClN4O3/c1-18(2)28-26(32)30(16-21-12-9-15-33-21)17-22-19(3)29-31(20-10-5-4-6-11-20)25(22)34-24-14-8-7-13-23(24)27/h4-8,10-11,13-14,18,21H,9,12,15-17H2,1-3H3,(H,28,32). The summed E-state index contributed by atoms with van der Waals surface area (Å²) < 4.78 is 14.0. The first-order valence-electron chi connectivity index (χ1n) is 11.7. The number of hydrogen-bond acceptors (Lipinski definition) is 4. The van der Waals surface area contributed by atoms with E-state index < -0.39 is 0 Å². The summed E-state index contributed by atoms with van der Waals surface area (Å²) in [5.74, 6) is 1.06. The molecule has 0 radical (unpaired) electrons. The lowest BCUT2D eigenvalue weighted by molar-refractivity contribution is 0.0789. The average Bonchev–Trinajstić information content (AvgIpc) is 3.43. The Labute approximate surface area is 205 Å². The van der Waals surface area contributed by atoms with Crippen LogP contribution >= 0.6 is 11.6 Å². The number of amides is 2. The van der Waals surface area contributed by atoms with Crippen molar-refractivity contribution in [2.24, 2.45) is 0 Å². The van der Waals surface area contributed by atoms with Crippen LogP contribution in [0.5, 0.6) is 11.6 Å². The van der Waals surface area contributed by atoms with E-state index in [0.717, 1.165) is 36.4 Å². The van der Waals surface area contributed by atoms with Gasteiger partial charge in [-0.3, -0.25) is 0 Å². The first-order valence-corrected chi connectivity index (χ1v) is 12.0. The number of nitrogens with one attached hydrogen (secondary N) is 1. The van der Waals surface area contributed by atoms with Gasteiger partial charge in [-0.05, 0) is 57.9 Å². The summed E-state index contributed by atoms with van der Waals surface area (Å²) in [4.78, 5) is 14.9. The van der Waals surface area contributed by atoms with Gasteiger partial charge >= 0.3 is 6.03 Å². The van der Waals surface area contributed by atoms with Crippen molar-refractivity contribution in [3.05, 3.63) is 70.9 Å². The van der Waals surface area contributed by atoms with Crippen molar-refractivity contribution in [2.75, 3.05) is 13.2 Å². The highest BCUT2D eigenvalue weighted by Gasteiger charge is 2.27. The summed E-state index contributed by atoms with van der Waals surface area (Å²) in [5.41, 5.74) is 2.46. The number of benzene rings is 2. The fraction of sp³-hybridized carbons (Fsp3) is 0.385. The molecule has 2 amide bonds. The molecule has 0 spiro atoms. The summed E-state index contributed by atoms with van der Waals surface area (Å²) in [7, 11) is 0. The lowest BCUT2D eigenvalue weighted by Gasteiger charge is -2.27. The van der Waals surface area contributed by atoms with E-state index in [9.17, 15) is 4.79 Å². The lowest BCUT2D eigenvalue weighted by atomic mass is 10.2. The molecule has 4 rings (SSSR count). The SMILES string of the molecule is Cc1nn(-c2ccccc2)c(Oc2ccccc2Cl)c1CN(CC1CCCO1)C(=O)NC(C)C. The summed E-state index contributed by atoms with van der Waals surface area (Å²) >= 11 is 6.41. The molecular formula is C26H31ClN4O3. The molecule has 0 aliphatic carbocycles. The van der Waals surface area contributed by atoms with Crippen molar-refractivity contribution in [3.63, 3.8) is 0 Å². The van der Waals surface area contributed by atoms with Gasteiger partial charge in [0.2, 0.25) is 5.88 Å². The van der Waals surface area contributed by atoms with Crippen molar-refractivity contribution in [1.29, 1.82) is 0 Å². The van der Waals surface area contributed by atoms with Crippen LogP contribution < -0.4 is 10.1 Å². The average molecular weight is 483 g/mol. The van der Waals surface area contributed by atoms with Crippen LogP contribution in [-0.2, 0) is 11.3 Å². The molecule has 1 aliphatic heterocycles. The van der Waals surface area contributed by atoms with Gasteiger partial charge in [-0.25, -0.2) is 9.48 Å². The molecule has 0 bridgehead atoms. The molecule has 2 heterocycles. The monoisotopic (exact) mass is 482 g/mol. The van der Waals surface area contributed by atoms with E-state index in [1.807, 2.05) is 69.3 Å². The van der Waals surface area contributed by atoms with Crippen molar-refractivity contribution < 1.29 is 14.3 Å². The highest BCUT2D eigenvalue weighted by Crippen LogP contribution is 2.35. The van der Waals surface area contributed by atoms with Gasteiger partial charge in [0.1, 0.15) is 5.75 Å². The minimum atomic E-state index is -0.138. The maximum Gasteiger partial charge on any atom is 0.317 e. The zero-order valence-corrected chi connectivity index (χ0v) is 20.6. The Hall–Kier alpha value is -3.03. The molecule has 2 aromatic carbocycles. The number of ether oxygens (including phenoxy) is 2. The molecule has 1 atom stereocenters. The molecular weight excluding hydrogens is 452 g/mol. The Balaban J connectivity index is 1.73. The number of urea groups is 1. The van der Waals surface area contributed by atoms with E-state index in [1.165, 1.54) is 0 Å². The summed E-state index contributed by atoms with van der Waals surface area (Å²) in [6.45, 7) is 7.39. The Morgan fingerprint density at radius 1 is 1.24 bits per heavy atom. The number of halogens is 1. The fourth-order valence-corrected chi connectivity index (χ4v) is 4.16. The lowest BCUT2D eigenvalue weighted by Crippen LogP contribution is -2.45. The number of rotatable bonds is 8. The molecule has 1 aromatic heterocycles. The Kier molecular flexibility index (Phi) is 7.75. The number of carbonyl (C=O) groups is 1. The second-order valence-corrected chi connectivity index (χ2v) is 9.18. The third kappa shape index (κ3) is 5.72. The minimum Gasteiger partial charge on any atom is -0.437 e. The summed E-state index contributed by atoms with van der Waals surface area (Å²) in [6, 6.07) is 17.0. The van der Waals surface area contributed by atoms with Gasteiger partial charge in [0.25, 0.3) is 0 Å². The molecule has 1 aliphatic rings.